The molecule has 20 heavy (non-hydrogen) atoms. The third-order valence-electron chi connectivity index (χ3n) is 3.87. The van der Waals surface area contributed by atoms with E-state index in [-0.39, 0.29) is 17.6 Å². The van der Waals surface area contributed by atoms with Crippen LogP contribution in [-0.2, 0) is 27.2 Å². The summed E-state index contributed by atoms with van der Waals surface area (Å²) < 4.78 is 10.7. The number of rotatable bonds is 5. The highest BCUT2D eigenvalue weighted by Crippen LogP contribution is 2.17. The first-order valence-electron chi connectivity index (χ1n) is 7.04. The maximum atomic E-state index is 12.1. The normalized spacial score (nSPS) is 18.4. The van der Waals surface area contributed by atoms with Crippen LogP contribution in [0.5, 0.6) is 0 Å². The predicted molar refractivity (Wildman–Crippen MR) is 77.4 cm³/mol. The fourth-order valence-electron chi connectivity index (χ4n) is 2.22. The van der Waals surface area contributed by atoms with Crippen molar-refractivity contribution in [2.24, 2.45) is 0 Å². The number of benzene rings is 1. The summed E-state index contributed by atoms with van der Waals surface area (Å²) in [5.41, 5.74) is 2.23. The fourth-order valence-corrected chi connectivity index (χ4v) is 2.22. The smallest absolute Gasteiger partial charge is 0.323 e. The molecule has 1 aliphatic heterocycles. The van der Waals surface area contributed by atoms with E-state index in [1.807, 2.05) is 26.0 Å². The Morgan fingerprint density at radius 2 is 2.05 bits per heavy atom. The second-order valence-corrected chi connectivity index (χ2v) is 5.79. The van der Waals surface area contributed by atoms with Gasteiger partial charge in [-0.05, 0) is 31.4 Å². The number of esters is 1. The minimum absolute atomic E-state index is 0.175. The van der Waals surface area contributed by atoms with Crippen molar-refractivity contribution in [1.82, 2.24) is 5.32 Å². The van der Waals surface area contributed by atoms with Gasteiger partial charge in [-0.15, -0.1) is 0 Å². The van der Waals surface area contributed by atoms with Crippen LogP contribution < -0.4 is 5.32 Å². The summed E-state index contributed by atoms with van der Waals surface area (Å²) >= 11 is 0. The number of hydrogen-bond acceptors (Lipinski definition) is 4. The highest BCUT2D eigenvalue weighted by molar-refractivity contribution is 5.76. The van der Waals surface area contributed by atoms with Crippen molar-refractivity contribution in [2.75, 3.05) is 13.7 Å². The van der Waals surface area contributed by atoms with Gasteiger partial charge in [-0.3, -0.25) is 4.79 Å². The largest absolute Gasteiger partial charge is 0.464 e. The minimum Gasteiger partial charge on any atom is -0.464 e. The lowest BCUT2D eigenvalue weighted by Gasteiger charge is -2.26. The number of carbonyl (C=O) groups excluding carboxylic acids is 1. The van der Waals surface area contributed by atoms with Crippen molar-refractivity contribution >= 4 is 5.97 Å². The third kappa shape index (κ3) is 3.81. The molecule has 1 aromatic rings. The van der Waals surface area contributed by atoms with E-state index in [1.54, 1.807) is 7.11 Å². The lowest BCUT2D eigenvalue weighted by atomic mass is 9.96. The van der Waals surface area contributed by atoms with Crippen molar-refractivity contribution in [1.29, 1.82) is 0 Å². The molecule has 0 saturated heterocycles. The van der Waals surface area contributed by atoms with Gasteiger partial charge in [0, 0.05) is 20.1 Å². The van der Waals surface area contributed by atoms with Crippen molar-refractivity contribution in [2.45, 2.75) is 44.9 Å². The Kier molecular flexibility index (Phi) is 4.78. The molecule has 1 N–H and O–H groups in total. The summed E-state index contributed by atoms with van der Waals surface area (Å²) in [6.07, 6.45) is 1.39. The van der Waals surface area contributed by atoms with E-state index in [0.717, 1.165) is 6.54 Å². The molecule has 0 radical (unpaired) electrons. The summed E-state index contributed by atoms with van der Waals surface area (Å²) in [7, 11) is 1.67. The van der Waals surface area contributed by atoms with Gasteiger partial charge in [0.05, 0.1) is 12.2 Å². The van der Waals surface area contributed by atoms with Crippen LogP contribution in [0.4, 0.5) is 0 Å². The predicted octanol–water partition coefficient (Wildman–Crippen LogP) is 2.06. The Balaban J connectivity index is 1.83. The summed E-state index contributed by atoms with van der Waals surface area (Å²) in [5.74, 6) is -0.175. The molecule has 1 aliphatic rings. The standard InChI is InChI=1S/C16H23NO3/c1-16(2,19-3)8-9-20-15(18)14-10-12-6-4-5-7-13(12)11-17-14/h4-7,14,17H,8-11H2,1-3H3. The fraction of sp³-hybridized carbons (Fsp3) is 0.562. The molecule has 4 nitrogen and oxygen atoms in total. The van der Waals surface area contributed by atoms with Crippen LogP contribution >= 0.6 is 0 Å². The van der Waals surface area contributed by atoms with Crippen molar-refractivity contribution < 1.29 is 14.3 Å². The number of hydrogen-bond donors (Lipinski definition) is 1. The zero-order valence-corrected chi connectivity index (χ0v) is 12.4. The molecule has 110 valence electrons. The van der Waals surface area contributed by atoms with Gasteiger partial charge in [-0.1, -0.05) is 24.3 Å². The molecule has 0 amide bonds. The molecule has 0 aromatic heterocycles. The summed E-state index contributed by atoms with van der Waals surface area (Å²) in [5, 5.41) is 3.23. The van der Waals surface area contributed by atoms with Crippen molar-refractivity contribution in [3.05, 3.63) is 35.4 Å². The molecular weight excluding hydrogens is 254 g/mol. The molecule has 1 atom stereocenters. The highest BCUT2D eigenvalue weighted by atomic mass is 16.5. The molecule has 0 spiro atoms. The van der Waals surface area contributed by atoms with Crippen molar-refractivity contribution in [3.63, 3.8) is 0 Å². The van der Waals surface area contributed by atoms with Gasteiger partial charge in [0.2, 0.25) is 0 Å². The molecule has 1 heterocycles. The average molecular weight is 277 g/mol. The Bertz CT molecular complexity index is 471. The second-order valence-electron chi connectivity index (χ2n) is 5.79. The van der Waals surface area contributed by atoms with Crippen LogP contribution in [0.25, 0.3) is 0 Å². The second kappa shape index (κ2) is 6.37. The molecular formula is C16H23NO3. The molecule has 2 rings (SSSR count). The summed E-state index contributed by atoms with van der Waals surface area (Å²) in [6, 6.07) is 7.95. The first-order valence-corrected chi connectivity index (χ1v) is 7.04. The Labute approximate surface area is 120 Å². The monoisotopic (exact) mass is 277 g/mol. The van der Waals surface area contributed by atoms with Crippen LogP contribution in [0.2, 0.25) is 0 Å². The molecule has 0 saturated carbocycles. The van der Waals surface area contributed by atoms with E-state index in [0.29, 0.717) is 19.4 Å². The topological polar surface area (TPSA) is 47.6 Å². The van der Waals surface area contributed by atoms with Gasteiger partial charge >= 0.3 is 5.97 Å². The number of ether oxygens (including phenoxy) is 2. The SMILES string of the molecule is COC(C)(C)CCOC(=O)C1Cc2ccccc2CN1. The van der Waals surface area contributed by atoms with E-state index < -0.39 is 0 Å². The maximum Gasteiger partial charge on any atom is 0.323 e. The molecule has 4 heteroatoms. The zero-order chi connectivity index (χ0) is 14.6. The molecule has 0 aliphatic carbocycles. The Hall–Kier alpha value is -1.39. The number of fused-ring (bicyclic) bond motifs is 1. The zero-order valence-electron chi connectivity index (χ0n) is 12.4. The highest BCUT2D eigenvalue weighted by Gasteiger charge is 2.25. The molecule has 0 bridgehead atoms. The van der Waals surface area contributed by atoms with Gasteiger partial charge in [0.25, 0.3) is 0 Å². The lowest BCUT2D eigenvalue weighted by molar-refractivity contribution is -0.147. The van der Waals surface area contributed by atoms with Gasteiger partial charge < -0.3 is 14.8 Å². The maximum absolute atomic E-state index is 12.1. The van der Waals surface area contributed by atoms with Crippen LogP contribution in [-0.4, -0.2) is 31.3 Å². The van der Waals surface area contributed by atoms with Gasteiger partial charge in [0.15, 0.2) is 0 Å². The lowest BCUT2D eigenvalue weighted by Crippen LogP contribution is -2.43. The van der Waals surface area contributed by atoms with E-state index >= 15 is 0 Å². The number of methoxy groups -OCH3 is 1. The van der Waals surface area contributed by atoms with E-state index in [9.17, 15) is 4.79 Å². The Morgan fingerprint density at radius 3 is 2.75 bits per heavy atom. The van der Waals surface area contributed by atoms with Gasteiger partial charge in [-0.2, -0.15) is 0 Å². The number of carbonyl (C=O) groups is 1. The summed E-state index contributed by atoms with van der Waals surface area (Å²) in [4.78, 5) is 12.1. The molecule has 1 aromatic carbocycles. The van der Waals surface area contributed by atoms with Gasteiger partial charge in [0.1, 0.15) is 6.04 Å². The molecule has 0 fully saturated rings. The van der Waals surface area contributed by atoms with E-state index in [4.69, 9.17) is 9.47 Å². The van der Waals surface area contributed by atoms with Crippen LogP contribution in [0.3, 0.4) is 0 Å². The molecule has 1 unspecified atom stereocenters. The third-order valence-corrected chi connectivity index (χ3v) is 3.87. The van der Waals surface area contributed by atoms with Crippen LogP contribution in [0.1, 0.15) is 31.4 Å². The minimum atomic E-state index is -0.257. The van der Waals surface area contributed by atoms with Crippen LogP contribution in [0.15, 0.2) is 24.3 Å². The first-order chi connectivity index (χ1) is 9.52. The van der Waals surface area contributed by atoms with Crippen molar-refractivity contribution in [3.8, 4) is 0 Å². The first kappa shape index (κ1) is 15.0. The van der Waals surface area contributed by atoms with E-state index in [2.05, 4.69) is 17.4 Å². The van der Waals surface area contributed by atoms with Gasteiger partial charge in [-0.25, -0.2) is 0 Å². The Morgan fingerprint density at radius 1 is 1.35 bits per heavy atom. The quantitative estimate of drug-likeness (QED) is 0.837. The van der Waals surface area contributed by atoms with E-state index in [1.165, 1.54) is 11.1 Å². The van der Waals surface area contributed by atoms with Crippen LogP contribution in [0, 0.1) is 0 Å². The number of nitrogens with one attached hydrogen (secondary N) is 1. The summed E-state index contributed by atoms with van der Waals surface area (Å²) in [6.45, 7) is 5.07. The average Bonchev–Trinajstić information content (AvgIpc) is 2.46.